The topological polar surface area (TPSA) is 50.8 Å². The molecule has 0 saturated carbocycles. The number of aromatic nitrogens is 3. The lowest BCUT2D eigenvalue weighted by Crippen LogP contribution is -1.95. The molecule has 0 bridgehead atoms. The van der Waals surface area contributed by atoms with Gasteiger partial charge in [0.05, 0.1) is 0 Å². The average Bonchev–Trinajstić information content (AvgIpc) is 2.99. The summed E-state index contributed by atoms with van der Waals surface area (Å²) in [6.07, 6.45) is 1.54. The van der Waals surface area contributed by atoms with Gasteiger partial charge in [-0.05, 0) is 28.8 Å². The number of ether oxygens (including phenoxy) is 1. The number of benzene rings is 2. The molecule has 0 fully saturated rings. The lowest BCUT2D eigenvalue weighted by atomic mass is 10.0. The molecule has 0 saturated heterocycles. The molecule has 0 spiro atoms. The van der Waals surface area contributed by atoms with E-state index in [1.54, 1.807) is 6.20 Å². The molecule has 5 heteroatoms. The van der Waals surface area contributed by atoms with E-state index in [0.717, 1.165) is 21.7 Å². The lowest BCUT2D eigenvalue weighted by Gasteiger charge is -2.05. The molecule has 0 aliphatic heterocycles. The van der Waals surface area contributed by atoms with Crippen molar-refractivity contribution in [1.29, 1.82) is 0 Å². The normalized spacial score (nSPS) is 10.4. The second kappa shape index (κ2) is 5.75. The number of halogens is 1. The first kappa shape index (κ1) is 12.7. The zero-order chi connectivity index (χ0) is 13.8. The van der Waals surface area contributed by atoms with Gasteiger partial charge in [-0.1, -0.05) is 48.0 Å². The van der Waals surface area contributed by atoms with Crippen LogP contribution in [0.1, 0.15) is 5.56 Å². The van der Waals surface area contributed by atoms with E-state index >= 15 is 0 Å². The maximum Gasteiger partial charge on any atom is 0.253 e. The summed E-state index contributed by atoms with van der Waals surface area (Å²) in [7, 11) is 0. The smallest absolute Gasteiger partial charge is 0.253 e. The summed E-state index contributed by atoms with van der Waals surface area (Å²) < 4.78 is 5.47. The van der Waals surface area contributed by atoms with Crippen molar-refractivity contribution < 1.29 is 4.74 Å². The molecule has 0 aliphatic carbocycles. The molecule has 20 heavy (non-hydrogen) atoms. The molecule has 0 atom stereocenters. The van der Waals surface area contributed by atoms with Crippen LogP contribution in [0.5, 0.6) is 5.88 Å². The van der Waals surface area contributed by atoms with Crippen LogP contribution in [0.2, 0.25) is 5.02 Å². The summed E-state index contributed by atoms with van der Waals surface area (Å²) in [5.41, 5.74) is 3.29. The highest BCUT2D eigenvalue weighted by molar-refractivity contribution is 6.30. The van der Waals surface area contributed by atoms with Gasteiger partial charge in [0.15, 0.2) is 0 Å². The van der Waals surface area contributed by atoms with Crippen LogP contribution in [0, 0.1) is 0 Å². The van der Waals surface area contributed by atoms with Crippen molar-refractivity contribution in [2.24, 2.45) is 0 Å². The molecule has 100 valence electrons. The van der Waals surface area contributed by atoms with E-state index in [4.69, 9.17) is 16.3 Å². The Morgan fingerprint density at radius 2 is 1.90 bits per heavy atom. The van der Waals surface area contributed by atoms with Crippen molar-refractivity contribution in [2.45, 2.75) is 6.61 Å². The quantitative estimate of drug-likeness (QED) is 0.795. The Kier molecular flexibility index (Phi) is 3.65. The second-order valence-corrected chi connectivity index (χ2v) is 4.74. The maximum atomic E-state index is 6.00. The Morgan fingerprint density at radius 3 is 2.60 bits per heavy atom. The van der Waals surface area contributed by atoms with Crippen LogP contribution in [0.25, 0.3) is 11.1 Å². The van der Waals surface area contributed by atoms with Gasteiger partial charge in [0.2, 0.25) is 0 Å². The van der Waals surface area contributed by atoms with Gasteiger partial charge in [0, 0.05) is 5.02 Å². The summed E-state index contributed by atoms with van der Waals surface area (Å²) in [6, 6.07) is 15.9. The van der Waals surface area contributed by atoms with Crippen molar-refractivity contribution in [3.63, 3.8) is 0 Å². The summed E-state index contributed by atoms with van der Waals surface area (Å²) in [4.78, 5) is 0. The van der Waals surface area contributed by atoms with E-state index in [1.165, 1.54) is 0 Å². The number of nitrogens with one attached hydrogen (secondary N) is 1. The Bertz CT molecular complexity index is 681. The fourth-order valence-corrected chi connectivity index (χ4v) is 2.07. The number of rotatable bonds is 4. The zero-order valence-electron chi connectivity index (χ0n) is 10.6. The van der Waals surface area contributed by atoms with Gasteiger partial charge < -0.3 is 4.74 Å². The second-order valence-electron chi connectivity index (χ2n) is 4.30. The third-order valence-corrected chi connectivity index (χ3v) is 3.13. The molecule has 3 aromatic rings. The van der Waals surface area contributed by atoms with Crippen molar-refractivity contribution in [3.05, 3.63) is 65.3 Å². The van der Waals surface area contributed by atoms with Crippen molar-refractivity contribution >= 4 is 11.6 Å². The number of hydrogen-bond acceptors (Lipinski definition) is 3. The largest absolute Gasteiger partial charge is 0.471 e. The molecule has 1 N–H and O–H groups in total. The van der Waals surface area contributed by atoms with E-state index in [1.807, 2.05) is 48.5 Å². The number of nitrogens with zero attached hydrogens (tertiary/aromatic N) is 2. The zero-order valence-corrected chi connectivity index (χ0v) is 11.3. The van der Waals surface area contributed by atoms with Crippen LogP contribution in [0.4, 0.5) is 0 Å². The Labute approximate surface area is 121 Å². The highest BCUT2D eigenvalue weighted by atomic mass is 35.5. The standard InChI is InChI=1S/C15H12ClN3O/c16-14-3-1-2-13(8-14)12-6-4-11(5-7-12)10-20-15-9-17-19-18-15/h1-9H,10H2,(H,17,18,19). The third kappa shape index (κ3) is 2.97. The summed E-state index contributed by atoms with van der Waals surface area (Å²) in [6.45, 7) is 0.461. The van der Waals surface area contributed by atoms with Gasteiger partial charge in [0.1, 0.15) is 12.8 Å². The maximum absolute atomic E-state index is 6.00. The highest BCUT2D eigenvalue weighted by Gasteiger charge is 2.01. The molecule has 1 aromatic heterocycles. The molecular weight excluding hydrogens is 274 g/mol. The van der Waals surface area contributed by atoms with Crippen LogP contribution < -0.4 is 4.74 Å². The van der Waals surface area contributed by atoms with Crippen LogP contribution in [-0.4, -0.2) is 15.4 Å². The molecule has 2 aromatic carbocycles. The number of aromatic amines is 1. The van der Waals surface area contributed by atoms with Gasteiger partial charge in [-0.25, -0.2) is 0 Å². The van der Waals surface area contributed by atoms with Crippen molar-refractivity contribution in [3.8, 4) is 17.0 Å². The Hall–Kier alpha value is -2.33. The van der Waals surface area contributed by atoms with Crippen molar-refractivity contribution in [2.75, 3.05) is 0 Å². The first-order valence-corrected chi connectivity index (χ1v) is 6.52. The van der Waals surface area contributed by atoms with Crippen LogP contribution >= 0.6 is 11.6 Å². The fraction of sp³-hybridized carbons (Fsp3) is 0.0667. The minimum atomic E-state index is 0.461. The SMILES string of the molecule is Clc1cccc(-c2ccc(COc3cn[nH]n3)cc2)c1. The molecule has 0 aliphatic rings. The summed E-state index contributed by atoms with van der Waals surface area (Å²) in [5, 5.41) is 10.8. The predicted octanol–water partition coefficient (Wildman–Crippen LogP) is 3.70. The Balaban J connectivity index is 1.71. The average molecular weight is 286 g/mol. The first-order chi connectivity index (χ1) is 9.81. The minimum Gasteiger partial charge on any atom is -0.471 e. The van der Waals surface area contributed by atoms with E-state index in [2.05, 4.69) is 15.4 Å². The molecular formula is C15H12ClN3O. The number of H-pyrrole nitrogens is 1. The lowest BCUT2D eigenvalue weighted by molar-refractivity contribution is 0.293. The van der Waals surface area contributed by atoms with E-state index < -0.39 is 0 Å². The van der Waals surface area contributed by atoms with Crippen molar-refractivity contribution in [1.82, 2.24) is 15.4 Å². The van der Waals surface area contributed by atoms with Crippen LogP contribution in [0.3, 0.4) is 0 Å². The number of hydrogen-bond donors (Lipinski definition) is 1. The van der Waals surface area contributed by atoms with Crippen LogP contribution in [0.15, 0.2) is 54.7 Å². The molecule has 4 nitrogen and oxygen atoms in total. The van der Waals surface area contributed by atoms with E-state index in [9.17, 15) is 0 Å². The van der Waals surface area contributed by atoms with Gasteiger partial charge >= 0.3 is 0 Å². The predicted molar refractivity (Wildman–Crippen MR) is 77.6 cm³/mol. The van der Waals surface area contributed by atoms with Gasteiger partial charge in [-0.2, -0.15) is 10.3 Å². The highest BCUT2D eigenvalue weighted by Crippen LogP contribution is 2.23. The third-order valence-electron chi connectivity index (χ3n) is 2.89. The molecule has 1 heterocycles. The monoisotopic (exact) mass is 285 g/mol. The Morgan fingerprint density at radius 1 is 1.05 bits per heavy atom. The molecule has 0 radical (unpaired) electrons. The molecule has 3 rings (SSSR count). The minimum absolute atomic E-state index is 0.461. The van der Waals surface area contributed by atoms with E-state index in [-0.39, 0.29) is 0 Å². The van der Waals surface area contributed by atoms with Gasteiger partial charge in [-0.15, -0.1) is 5.10 Å². The summed E-state index contributed by atoms with van der Waals surface area (Å²) >= 11 is 6.00. The molecule has 0 amide bonds. The van der Waals surface area contributed by atoms with Gasteiger partial charge in [-0.3, -0.25) is 0 Å². The van der Waals surface area contributed by atoms with E-state index in [0.29, 0.717) is 12.5 Å². The summed E-state index contributed by atoms with van der Waals surface area (Å²) in [5.74, 6) is 0.490. The molecule has 0 unspecified atom stereocenters. The van der Waals surface area contributed by atoms with Gasteiger partial charge in [0.25, 0.3) is 5.88 Å². The first-order valence-electron chi connectivity index (χ1n) is 6.15. The fourth-order valence-electron chi connectivity index (χ4n) is 1.88. The van der Waals surface area contributed by atoms with Crippen LogP contribution in [-0.2, 0) is 6.61 Å².